The quantitative estimate of drug-likeness (QED) is 0.824. The van der Waals surface area contributed by atoms with E-state index in [0.717, 1.165) is 16.7 Å². The Morgan fingerprint density at radius 2 is 1.86 bits per heavy atom. The molecule has 0 amide bonds. The Kier molecular flexibility index (Phi) is 5.62. The van der Waals surface area contributed by atoms with Crippen LogP contribution in [0.4, 0.5) is 0 Å². The van der Waals surface area contributed by atoms with Crippen LogP contribution < -0.4 is 0 Å². The first kappa shape index (κ1) is 15.7. The second-order valence-corrected chi connectivity index (χ2v) is 4.90. The number of carbonyl (C=O) groups is 1. The number of benzene rings is 2. The first-order chi connectivity index (χ1) is 10.7. The molecule has 0 aliphatic heterocycles. The molecular weight excluding hydrogens is 276 g/mol. The number of aliphatic carboxylic acids is 1. The van der Waals surface area contributed by atoms with Crippen LogP contribution in [-0.4, -0.2) is 11.1 Å². The number of rotatable bonds is 6. The molecule has 0 fully saturated rings. The van der Waals surface area contributed by atoms with Crippen LogP contribution in [0.2, 0.25) is 0 Å². The fourth-order valence-electron chi connectivity index (χ4n) is 2.24. The number of hydrogen-bond acceptors (Lipinski definition) is 2. The third kappa shape index (κ3) is 4.39. The van der Waals surface area contributed by atoms with E-state index in [9.17, 15) is 4.79 Å². The van der Waals surface area contributed by atoms with E-state index in [4.69, 9.17) is 9.84 Å². The molecule has 1 unspecified atom stereocenters. The highest BCUT2D eigenvalue weighted by atomic mass is 16.5. The average molecular weight is 294 g/mol. The van der Waals surface area contributed by atoms with Crippen molar-refractivity contribution in [2.45, 2.75) is 25.9 Å². The van der Waals surface area contributed by atoms with Crippen molar-refractivity contribution in [3.05, 3.63) is 71.3 Å². The van der Waals surface area contributed by atoms with Gasteiger partial charge in [0.05, 0.1) is 0 Å². The Morgan fingerprint density at radius 1 is 1.14 bits per heavy atom. The third-order valence-electron chi connectivity index (χ3n) is 3.26. The van der Waals surface area contributed by atoms with Crippen LogP contribution in [-0.2, 0) is 16.0 Å². The van der Waals surface area contributed by atoms with Crippen molar-refractivity contribution in [2.75, 3.05) is 0 Å². The van der Waals surface area contributed by atoms with Gasteiger partial charge in [0, 0.05) is 13.3 Å². The molecule has 2 rings (SSSR count). The summed E-state index contributed by atoms with van der Waals surface area (Å²) in [5.41, 5.74) is 2.96. The number of hydrogen-bond donors (Lipinski definition) is 1. The molecule has 0 aliphatic carbocycles. The SMILES string of the molecule is CC#COC(c1ccccc1)c1cccc(CCC(=O)O)c1. The predicted molar refractivity (Wildman–Crippen MR) is 85.2 cm³/mol. The zero-order valence-electron chi connectivity index (χ0n) is 12.5. The fourth-order valence-corrected chi connectivity index (χ4v) is 2.24. The van der Waals surface area contributed by atoms with E-state index in [1.165, 1.54) is 0 Å². The second-order valence-electron chi connectivity index (χ2n) is 4.90. The van der Waals surface area contributed by atoms with Crippen LogP contribution >= 0.6 is 0 Å². The summed E-state index contributed by atoms with van der Waals surface area (Å²) >= 11 is 0. The molecule has 0 bridgehead atoms. The lowest BCUT2D eigenvalue weighted by molar-refractivity contribution is -0.136. The van der Waals surface area contributed by atoms with Crippen molar-refractivity contribution in [2.24, 2.45) is 0 Å². The first-order valence-corrected chi connectivity index (χ1v) is 7.13. The van der Waals surface area contributed by atoms with Gasteiger partial charge in [-0.25, -0.2) is 0 Å². The average Bonchev–Trinajstić information content (AvgIpc) is 2.55. The molecule has 1 atom stereocenters. The third-order valence-corrected chi connectivity index (χ3v) is 3.26. The molecule has 1 N–H and O–H groups in total. The van der Waals surface area contributed by atoms with E-state index < -0.39 is 5.97 Å². The monoisotopic (exact) mass is 294 g/mol. The Morgan fingerprint density at radius 3 is 2.55 bits per heavy atom. The van der Waals surface area contributed by atoms with E-state index in [0.29, 0.717) is 6.42 Å². The van der Waals surface area contributed by atoms with Gasteiger partial charge in [0.15, 0.2) is 6.10 Å². The highest BCUT2D eigenvalue weighted by Gasteiger charge is 2.15. The highest BCUT2D eigenvalue weighted by molar-refractivity contribution is 5.67. The summed E-state index contributed by atoms with van der Waals surface area (Å²) in [5.74, 6) is 1.95. The van der Waals surface area contributed by atoms with Crippen molar-refractivity contribution in [3.8, 4) is 12.0 Å². The lowest BCUT2D eigenvalue weighted by Crippen LogP contribution is -2.04. The van der Waals surface area contributed by atoms with Gasteiger partial charge in [0.25, 0.3) is 0 Å². The van der Waals surface area contributed by atoms with Gasteiger partial charge in [-0.3, -0.25) is 4.79 Å². The van der Waals surface area contributed by atoms with Crippen LogP contribution in [0.25, 0.3) is 0 Å². The van der Waals surface area contributed by atoms with E-state index in [1.54, 1.807) is 6.92 Å². The molecule has 3 heteroatoms. The van der Waals surface area contributed by atoms with Gasteiger partial charge in [-0.1, -0.05) is 60.5 Å². The van der Waals surface area contributed by atoms with E-state index >= 15 is 0 Å². The number of carboxylic acids is 1. The molecule has 0 saturated heterocycles. The van der Waals surface area contributed by atoms with E-state index in [-0.39, 0.29) is 12.5 Å². The summed E-state index contributed by atoms with van der Waals surface area (Å²) in [5, 5.41) is 8.80. The van der Waals surface area contributed by atoms with Gasteiger partial charge in [-0.2, -0.15) is 0 Å². The highest BCUT2D eigenvalue weighted by Crippen LogP contribution is 2.26. The molecule has 0 heterocycles. The molecule has 0 saturated carbocycles. The molecule has 0 radical (unpaired) electrons. The Labute approximate surface area is 130 Å². The molecular formula is C19H18O3. The van der Waals surface area contributed by atoms with Crippen LogP contribution in [0.1, 0.15) is 36.1 Å². The normalized spacial score (nSPS) is 11.1. The van der Waals surface area contributed by atoms with Gasteiger partial charge in [0.2, 0.25) is 0 Å². The van der Waals surface area contributed by atoms with Gasteiger partial charge in [-0.05, 0) is 23.1 Å². The lowest BCUT2D eigenvalue weighted by Gasteiger charge is -2.16. The maximum Gasteiger partial charge on any atom is 0.303 e. The molecule has 0 spiro atoms. The zero-order chi connectivity index (χ0) is 15.8. The van der Waals surface area contributed by atoms with Crippen LogP contribution in [0.3, 0.4) is 0 Å². The molecule has 22 heavy (non-hydrogen) atoms. The maximum atomic E-state index is 10.7. The summed E-state index contributed by atoms with van der Waals surface area (Å²) in [7, 11) is 0. The predicted octanol–water partition coefficient (Wildman–Crippen LogP) is 3.79. The van der Waals surface area contributed by atoms with Gasteiger partial charge in [-0.15, -0.1) is 0 Å². The summed E-state index contributed by atoms with van der Waals surface area (Å²) in [6.07, 6.45) is 3.02. The molecule has 3 nitrogen and oxygen atoms in total. The molecule has 0 aliphatic rings. The second kappa shape index (κ2) is 7.90. The largest absolute Gasteiger partial charge is 0.481 e. The van der Waals surface area contributed by atoms with E-state index in [1.807, 2.05) is 54.6 Å². The maximum absolute atomic E-state index is 10.7. The first-order valence-electron chi connectivity index (χ1n) is 7.13. The molecule has 0 aromatic heterocycles. The zero-order valence-corrected chi connectivity index (χ0v) is 12.5. The van der Waals surface area contributed by atoms with E-state index in [2.05, 4.69) is 12.0 Å². The molecule has 2 aromatic carbocycles. The minimum atomic E-state index is -0.793. The van der Waals surface area contributed by atoms with Gasteiger partial charge in [0.1, 0.15) is 6.11 Å². The Hall–Kier alpha value is -2.73. The van der Waals surface area contributed by atoms with Crippen molar-refractivity contribution in [3.63, 3.8) is 0 Å². The van der Waals surface area contributed by atoms with Crippen LogP contribution in [0, 0.1) is 12.0 Å². The molecule has 112 valence electrons. The lowest BCUT2D eigenvalue weighted by atomic mass is 9.98. The van der Waals surface area contributed by atoms with Crippen molar-refractivity contribution < 1.29 is 14.6 Å². The number of carboxylic acid groups (broad SMARTS) is 1. The fraction of sp³-hybridized carbons (Fsp3) is 0.211. The van der Waals surface area contributed by atoms with Gasteiger partial charge < -0.3 is 9.84 Å². The van der Waals surface area contributed by atoms with Gasteiger partial charge >= 0.3 is 5.97 Å². The molecule has 2 aromatic rings. The van der Waals surface area contributed by atoms with Crippen molar-refractivity contribution in [1.82, 2.24) is 0 Å². The summed E-state index contributed by atoms with van der Waals surface area (Å²) < 4.78 is 5.67. The summed E-state index contributed by atoms with van der Waals surface area (Å²) in [6.45, 7) is 1.73. The standard InChI is InChI=1S/C19H18O3/c1-2-13-22-19(16-8-4-3-5-9-16)17-10-6-7-15(14-17)11-12-18(20)21/h3-10,14,19H,11-12H2,1H3,(H,20,21). The van der Waals surface area contributed by atoms with Crippen LogP contribution in [0.15, 0.2) is 54.6 Å². The minimum absolute atomic E-state index is 0.120. The minimum Gasteiger partial charge on any atom is -0.481 e. The number of ether oxygens (including phenoxy) is 1. The van der Waals surface area contributed by atoms with Crippen molar-refractivity contribution >= 4 is 5.97 Å². The van der Waals surface area contributed by atoms with Crippen molar-refractivity contribution in [1.29, 1.82) is 0 Å². The smallest absolute Gasteiger partial charge is 0.303 e. The topological polar surface area (TPSA) is 46.5 Å². The Balaban J connectivity index is 2.28. The summed E-state index contributed by atoms with van der Waals surface area (Å²) in [4.78, 5) is 10.7. The number of aryl methyl sites for hydroxylation is 1. The summed E-state index contributed by atoms with van der Waals surface area (Å²) in [6, 6.07) is 17.7. The van der Waals surface area contributed by atoms with Crippen LogP contribution in [0.5, 0.6) is 0 Å². The Bertz CT molecular complexity index is 681.